The van der Waals surface area contributed by atoms with Gasteiger partial charge in [0.25, 0.3) is 5.91 Å². The van der Waals surface area contributed by atoms with Crippen molar-refractivity contribution in [3.05, 3.63) is 59.2 Å². The third-order valence-corrected chi connectivity index (χ3v) is 5.71. The van der Waals surface area contributed by atoms with Crippen LogP contribution in [0.3, 0.4) is 0 Å². The molecule has 5 nitrogen and oxygen atoms in total. The Bertz CT molecular complexity index is 827. The predicted octanol–water partition coefficient (Wildman–Crippen LogP) is 2.61. The Balaban J connectivity index is 1.53. The van der Waals surface area contributed by atoms with E-state index in [9.17, 15) is 4.79 Å². The van der Waals surface area contributed by atoms with E-state index in [-0.39, 0.29) is 5.91 Å². The monoisotopic (exact) mass is 364 g/mol. The van der Waals surface area contributed by atoms with Crippen LogP contribution in [0, 0.1) is 0 Å². The number of likely N-dealkylation sites (N-methyl/N-ethyl adjacent to an activating group) is 1. The lowest BCUT2D eigenvalue weighted by molar-refractivity contribution is 0.0985. The summed E-state index contributed by atoms with van der Waals surface area (Å²) < 4.78 is 0. The van der Waals surface area contributed by atoms with Crippen LogP contribution >= 0.6 is 0 Å². The first-order valence-electron chi connectivity index (χ1n) is 9.81. The van der Waals surface area contributed by atoms with Gasteiger partial charge in [0, 0.05) is 56.2 Å². The van der Waals surface area contributed by atoms with E-state index < -0.39 is 0 Å². The van der Waals surface area contributed by atoms with Gasteiger partial charge in [0.2, 0.25) is 0 Å². The van der Waals surface area contributed by atoms with Crippen molar-refractivity contribution in [3.63, 3.8) is 0 Å². The first-order chi connectivity index (χ1) is 13.1. The number of nitrogen functional groups attached to an aromatic ring is 1. The smallest absolute Gasteiger partial charge is 0.258 e. The van der Waals surface area contributed by atoms with E-state index in [4.69, 9.17) is 5.73 Å². The third-order valence-electron chi connectivity index (χ3n) is 5.71. The minimum absolute atomic E-state index is 0.0711. The number of nitrogens with two attached hydrogens (primary N) is 1. The molecule has 0 spiro atoms. The quantitative estimate of drug-likeness (QED) is 0.851. The molecule has 1 saturated heterocycles. The van der Waals surface area contributed by atoms with E-state index in [1.165, 1.54) is 5.56 Å². The topological polar surface area (TPSA) is 52.8 Å². The summed E-state index contributed by atoms with van der Waals surface area (Å²) in [5, 5.41) is 0. The Labute approximate surface area is 161 Å². The fourth-order valence-electron chi connectivity index (χ4n) is 4.09. The summed E-state index contributed by atoms with van der Waals surface area (Å²) in [7, 11) is 2.17. The number of benzene rings is 2. The van der Waals surface area contributed by atoms with Gasteiger partial charge in [-0.05, 0) is 55.3 Å². The highest BCUT2D eigenvalue weighted by atomic mass is 16.2. The molecular weight excluding hydrogens is 336 g/mol. The van der Waals surface area contributed by atoms with Crippen LogP contribution in [0.5, 0.6) is 0 Å². The first kappa shape index (κ1) is 18.0. The standard InChI is InChI=1S/C22H28N4O/c1-24-11-13-25(14-12-24)16-17-5-2-6-18(15-17)22(27)26-10-4-7-19-20(23)8-3-9-21(19)26/h2-3,5-6,8-9,15H,4,7,10-14,16,23H2,1H3. The molecule has 0 unspecified atom stereocenters. The summed E-state index contributed by atoms with van der Waals surface area (Å²) >= 11 is 0. The number of hydrogen-bond donors (Lipinski definition) is 1. The molecule has 4 rings (SSSR count). The largest absolute Gasteiger partial charge is 0.398 e. The van der Waals surface area contributed by atoms with Crippen molar-refractivity contribution in [1.29, 1.82) is 0 Å². The summed E-state index contributed by atoms with van der Waals surface area (Å²) in [6.45, 7) is 6.01. The Morgan fingerprint density at radius 3 is 2.63 bits per heavy atom. The summed E-state index contributed by atoms with van der Waals surface area (Å²) in [4.78, 5) is 19.9. The normalized spacial score (nSPS) is 18.3. The van der Waals surface area contributed by atoms with Crippen LogP contribution in [-0.4, -0.2) is 55.5 Å². The molecule has 2 N–H and O–H groups in total. The van der Waals surface area contributed by atoms with Gasteiger partial charge in [-0.25, -0.2) is 0 Å². The Morgan fingerprint density at radius 1 is 1.04 bits per heavy atom. The number of nitrogens with zero attached hydrogens (tertiary/aromatic N) is 3. The van der Waals surface area contributed by atoms with Crippen LogP contribution in [0.2, 0.25) is 0 Å². The second-order valence-corrected chi connectivity index (χ2v) is 7.69. The number of anilines is 2. The van der Waals surface area contributed by atoms with E-state index in [0.29, 0.717) is 0 Å². The summed E-state index contributed by atoms with van der Waals surface area (Å²) in [6.07, 6.45) is 1.89. The molecular formula is C22H28N4O. The molecule has 142 valence electrons. The van der Waals surface area contributed by atoms with Crippen LogP contribution < -0.4 is 10.6 Å². The summed E-state index contributed by atoms with van der Waals surface area (Å²) in [6, 6.07) is 14.0. The minimum Gasteiger partial charge on any atom is -0.398 e. The van der Waals surface area contributed by atoms with E-state index in [2.05, 4.69) is 29.0 Å². The minimum atomic E-state index is 0.0711. The molecule has 2 aromatic rings. The third kappa shape index (κ3) is 3.84. The first-order valence-corrected chi connectivity index (χ1v) is 9.81. The number of carbonyl (C=O) groups excluding carboxylic acids is 1. The van der Waals surface area contributed by atoms with Crippen molar-refractivity contribution >= 4 is 17.3 Å². The number of rotatable bonds is 3. The summed E-state index contributed by atoms with van der Waals surface area (Å²) in [5.41, 5.74) is 11.0. The Kier molecular flexibility index (Phi) is 5.14. The molecule has 2 aromatic carbocycles. The number of amides is 1. The predicted molar refractivity (Wildman–Crippen MR) is 110 cm³/mol. The average Bonchev–Trinajstić information content (AvgIpc) is 2.69. The second-order valence-electron chi connectivity index (χ2n) is 7.69. The molecule has 1 amide bonds. The molecule has 2 aliphatic rings. The number of hydrogen-bond acceptors (Lipinski definition) is 4. The average molecular weight is 364 g/mol. The molecule has 1 fully saturated rings. The maximum absolute atomic E-state index is 13.2. The van der Waals surface area contributed by atoms with Crippen LogP contribution in [0.25, 0.3) is 0 Å². The number of fused-ring (bicyclic) bond motifs is 1. The van der Waals surface area contributed by atoms with Crippen LogP contribution in [0.4, 0.5) is 11.4 Å². The molecule has 0 atom stereocenters. The molecule has 0 aromatic heterocycles. The molecule has 5 heteroatoms. The zero-order valence-corrected chi connectivity index (χ0v) is 16.0. The molecule has 27 heavy (non-hydrogen) atoms. The fourth-order valence-corrected chi connectivity index (χ4v) is 4.09. The van der Waals surface area contributed by atoms with Gasteiger partial charge in [0.1, 0.15) is 0 Å². The lowest BCUT2D eigenvalue weighted by atomic mass is 9.98. The maximum Gasteiger partial charge on any atom is 0.258 e. The van der Waals surface area contributed by atoms with Crippen molar-refractivity contribution in [3.8, 4) is 0 Å². The van der Waals surface area contributed by atoms with Crippen molar-refractivity contribution in [2.45, 2.75) is 19.4 Å². The lowest BCUT2D eigenvalue weighted by Gasteiger charge is -2.32. The van der Waals surface area contributed by atoms with E-state index >= 15 is 0 Å². The van der Waals surface area contributed by atoms with Gasteiger partial charge in [-0.3, -0.25) is 9.69 Å². The fraction of sp³-hybridized carbons (Fsp3) is 0.409. The van der Waals surface area contributed by atoms with Gasteiger partial charge >= 0.3 is 0 Å². The van der Waals surface area contributed by atoms with E-state index in [1.54, 1.807) is 0 Å². The number of carbonyl (C=O) groups is 1. The van der Waals surface area contributed by atoms with Crippen LogP contribution in [0.15, 0.2) is 42.5 Å². The zero-order valence-electron chi connectivity index (χ0n) is 16.0. The van der Waals surface area contributed by atoms with Crippen molar-refractivity contribution < 1.29 is 4.79 Å². The highest BCUT2D eigenvalue weighted by Crippen LogP contribution is 2.32. The van der Waals surface area contributed by atoms with Crippen molar-refractivity contribution in [2.75, 3.05) is 50.4 Å². The maximum atomic E-state index is 13.2. The molecule has 0 radical (unpaired) electrons. The van der Waals surface area contributed by atoms with Gasteiger partial charge in [0.15, 0.2) is 0 Å². The Morgan fingerprint density at radius 2 is 1.81 bits per heavy atom. The van der Waals surface area contributed by atoms with Crippen molar-refractivity contribution in [1.82, 2.24) is 9.80 Å². The summed E-state index contributed by atoms with van der Waals surface area (Å²) in [5.74, 6) is 0.0711. The highest BCUT2D eigenvalue weighted by Gasteiger charge is 2.25. The second kappa shape index (κ2) is 7.71. The van der Waals surface area contributed by atoms with E-state index in [0.717, 1.165) is 74.6 Å². The molecule has 2 aliphatic heterocycles. The Hall–Kier alpha value is -2.37. The van der Waals surface area contributed by atoms with Gasteiger partial charge in [0.05, 0.1) is 0 Å². The zero-order chi connectivity index (χ0) is 18.8. The van der Waals surface area contributed by atoms with E-state index in [1.807, 2.05) is 35.2 Å². The van der Waals surface area contributed by atoms with Crippen molar-refractivity contribution in [2.24, 2.45) is 0 Å². The van der Waals surface area contributed by atoms with Gasteiger partial charge in [-0.15, -0.1) is 0 Å². The highest BCUT2D eigenvalue weighted by molar-refractivity contribution is 6.07. The van der Waals surface area contributed by atoms with Gasteiger partial charge in [-0.1, -0.05) is 18.2 Å². The van der Waals surface area contributed by atoms with Gasteiger partial charge < -0.3 is 15.5 Å². The molecule has 2 heterocycles. The van der Waals surface area contributed by atoms with Crippen LogP contribution in [0.1, 0.15) is 27.9 Å². The van der Waals surface area contributed by atoms with Gasteiger partial charge in [-0.2, -0.15) is 0 Å². The SMILES string of the molecule is CN1CCN(Cc2cccc(C(=O)N3CCCc4c(N)cccc43)c2)CC1. The molecule has 0 aliphatic carbocycles. The van der Waals surface area contributed by atoms with Crippen LogP contribution in [-0.2, 0) is 13.0 Å². The number of piperazine rings is 1. The molecule has 0 bridgehead atoms. The molecule has 0 saturated carbocycles. The lowest BCUT2D eigenvalue weighted by Crippen LogP contribution is -2.43.